The molecule has 4 rings (SSSR count). The maximum Gasteiger partial charge on any atom is 0.335 e. The minimum Gasteiger partial charge on any atom is -0.388 e. The maximum absolute atomic E-state index is 12.9. The van der Waals surface area contributed by atoms with E-state index < -0.39 is 15.9 Å². The van der Waals surface area contributed by atoms with Gasteiger partial charge in [0.25, 0.3) is 5.91 Å². The van der Waals surface area contributed by atoms with Crippen LogP contribution in [0.1, 0.15) is 31.2 Å². The van der Waals surface area contributed by atoms with Crippen LogP contribution in [-0.4, -0.2) is 104 Å². The molecule has 1 aromatic rings. The molecule has 10 nitrogen and oxygen atoms in total. The van der Waals surface area contributed by atoms with E-state index >= 15 is 0 Å². The number of amides is 1. The van der Waals surface area contributed by atoms with Gasteiger partial charge in [-0.2, -0.15) is 12.7 Å². The molecule has 0 aromatic heterocycles. The lowest BCUT2D eigenvalue weighted by atomic mass is 9.87. The topological polar surface area (TPSA) is 115 Å². The largest absolute Gasteiger partial charge is 0.388 e. The molecule has 0 atom stereocenters. The number of oxime groups is 1. The highest BCUT2D eigenvalue weighted by Crippen LogP contribution is 2.35. The molecule has 2 fully saturated rings. The van der Waals surface area contributed by atoms with Gasteiger partial charge in [-0.1, -0.05) is 35.5 Å². The standard InChI is InChI=1S/C21H30N4O5S.C2H7N/c26-20(19-17-21(30-22-19)8-11-25(12-9-21)31(27,28)29)24-15-13-23(14-16-24)10-4-7-18-5-2-1-3-6-18;1-3-2/h1-3,5-6H,4,7-17H2,(H,27,28,29);3H,1-2H3. The van der Waals surface area contributed by atoms with Crippen LogP contribution in [0.4, 0.5) is 0 Å². The van der Waals surface area contributed by atoms with E-state index in [1.165, 1.54) is 5.56 Å². The van der Waals surface area contributed by atoms with Gasteiger partial charge in [0.05, 0.1) is 0 Å². The molecule has 3 aliphatic rings. The first-order valence-electron chi connectivity index (χ1n) is 11.9. The molecule has 0 radical (unpaired) electrons. The fourth-order valence-corrected chi connectivity index (χ4v) is 5.18. The first-order valence-corrected chi connectivity index (χ1v) is 13.3. The third-order valence-corrected chi connectivity index (χ3v) is 7.51. The Bertz CT molecular complexity index is 924. The van der Waals surface area contributed by atoms with Crippen LogP contribution in [0, 0.1) is 0 Å². The molecule has 190 valence electrons. The van der Waals surface area contributed by atoms with Crippen molar-refractivity contribution in [3.05, 3.63) is 35.9 Å². The lowest BCUT2D eigenvalue weighted by Gasteiger charge is -2.36. The van der Waals surface area contributed by atoms with Crippen molar-refractivity contribution in [3.8, 4) is 0 Å². The van der Waals surface area contributed by atoms with E-state index in [0.717, 1.165) is 36.8 Å². The average Bonchev–Trinajstić information content (AvgIpc) is 3.23. The quantitative estimate of drug-likeness (QED) is 0.566. The van der Waals surface area contributed by atoms with E-state index in [9.17, 15) is 17.8 Å². The molecule has 3 heterocycles. The number of carbonyl (C=O) groups is 1. The fourth-order valence-electron chi connectivity index (χ4n) is 4.54. The second kappa shape index (κ2) is 12.1. The number of hydrogen-bond acceptors (Lipinski definition) is 7. The number of aryl methyl sites for hydroxylation is 1. The van der Waals surface area contributed by atoms with Gasteiger partial charge in [-0.3, -0.25) is 14.2 Å². The smallest absolute Gasteiger partial charge is 0.335 e. The molecule has 0 unspecified atom stereocenters. The zero-order chi connectivity index (χ0) is 24.6. The number of piperazine rings is 1. The van der Waals surface area contributed by atoms with Crippen LogP contribution < -0.4 is 5.32 Å². The number of hydrogen-bond donors (Lipinski definition) is 2. The number of piperidine rings is 1. The summed E-state index contributed by atoms with van der Waals surface area (Å²) in [7, 11) is -0.436. The second-order valence-electron chi connectivity index (χ2n) is 9.09. The highest BCUT2D eigenvalue weighted by molar-refractivity contribution is 7.83. The van der Waals surface area contributed by atoms with E-state index in [2.05, 4.69) is 39.6 Å². The van der Waals surface area contributed by atoms with Crippen molar-refractivity contribution in [1.29, 1.82) is 0 Å². The van der Waals surface area contributed by atoms with Crippen LogP contribution in [0.5, 0.6) is 0 Å². The van der Waals surface area contributed by atoms with Crippen molar-refractivity contribution in [2.75, 3.05) is 59.9 Å². The molecule has 1 spiro atoms. The molecule has 1 aromatic carbocycles. The van der Waals surface area contributed by atoms with Crippen molar-refractivity contribution < 1.29 is 22.6 Å². The number of nitrogens with one attached hydrogen (secondary N) is 1. The Kier molecular flexibility index (Phi) is 9.43. The summed E-state index contributed by atoms with van der Waals surface area (Å²) < 4.78 is 32.8. The summed E-state index contributed by atoms with van der Waals surface area (Å²) in [5, 5.41) is 6.81. The molecule has 1 amide bonds. The molecule has 34 heavy (non-hydrogen) atoms. The van der Waals surface area contributed by atoms with Gasteiger partial charge in [0.2, 0.25) is 0 Å². The minimum atomic E-state index is -4.19. The summed E-state index contributed by atoms with van der Waals surface area (Å²) in [6, 6.07) is 10.5. The predicted molar refractivity (Wildman–Crippen MR) is 131 cm³/mol. The Balaban J connectivity index is 0.00000103. The van der Waals surface area contributed by atoms with Crippen LogP contribution in [0.3, 0.4) is 0 Å². The predicted octanol–water partition coefficient (Wildman–Crippen LogP) is 1.01. The molecule has 0 saturated carbocycles. The van der Waals surface area contributed by atoms with Crippen LogP contribution in [-0.2, 0) is 26.4 Å². The summed E-state index contributed by atoms with van der Waals surface area (Å²) in [6.45, 7) is 4.40. The van der Waals surface area contributed by atoms with Gasteiger partial charge < -0.3 is 15.1 Å². The Labute approximate surface area is 202 Å². The third-order valence-electron chi connectivity index (χ3n) is 6.49. The lowest BCUT2D eigenvalue weighted by Crippen LogP contribution is -2.51. The number of nitrogens with zero attached hydrogens (tertiary/aromatic N) is 4. The molecular formula is C23H37N5O5S. The first kappa shape index (κ1) is 26.6. The van der Waals surface area contributed by atoms with E-state index in [-0.39, 0.29) is 19.0 Å². The Morgan fingerprint density at radius 2 is 1.71 bits per heavy atom. The van der Waals surface area contributed by atoms with E-state index in [0.29, 0.717) is 38.1 Å². The first-order chi connectivity index (χ1) is 16.3. The van der Waals surface area contributed by atoms with Crippen LogP contribution in [0.2, 0.25) is 0 Å². The van der Waals surface area contributed by atoms with Crippen LogP contribution in [0.15, 0.2) is 35.5 Å². The second-order valence-corrected chi connectivity index (χ2v) is 10.5. The molecular weight excluding hydrogens is 458 g/mol. The average molecular weight is 496 g/mol. The zero-order valence-corrected chi connectivity index (χ0v) is 21.0. The molecule has 2 N–H and O–H groups in total. The van der Waals surface area contributed by atoms with E-state index in [1.807, 2.05) is 25.1 Å². The summed E-state index contributed by atoms with van der Waals surface area (Å²) in [4.78, 5) is 22.7. The van der Waals surface area contributed by atoms with Gasteiger partial charge >= 0.3 is 10.3 Å². The Morgan fingerprint density at radius 1 is 1.09 bits per heavy atom. The zero-order valence-electron chi connectivity index (χ0n) is 20.1. The SMILES string of the molecule is CNC.O=C(C1=NOC2(CCN(S(=O)(=O)O)CC2)C1)N1CCN(CCCc2ccccc2)CC1. The minimum absolute atomic E-state index is 0.0852. The van der Waals surface area contributed by atoms with Gasteiger partial charge in [-0.15, -0.1) is 0 Å². The summed E-state index contributed by atoms with van der Waals surface area (Å²) in [5.41, 5.74) is 1.13. The van der Waals surface area contributed by atoms with E-state index in [4.69, 9.17) is 4.84 Å². The van der Waals surface area contributed by atoms with Crippen molar-refractivity contribution in [2.24, 2.45) is 5.16 Å². The molecule has 0 bridgehead atoms. The van der Waals surface area contributed by atoms with E-state index in [1.54, 1.807) is 0 Å². The monoisotopic (exact) mass is 495 g/mol. The van der Waals surface area contributed by atoms with Crippen LogP contribution >= 0.6 is 0 Å². The summed E-state index contributed by atoms with van der Waals surface area (Å²) in [6.07, 6.45) is 3.36. The summed E-state index contributed by atoms with van der Waals surface area (Å²) in [5.74, 6) is -0.0852. The highest BCUT2D eigenvalue weighted by atomic mass is 32.2. The van der Waals surface area contributed by atoms with Crippen molar-refractivity contribution in [3.63, 3.8) is 0 Å². The lowest BCUT2D eigenvalue weighted by molar-refractivity contribution is -0.125. The third kappa shape index (κ3) is 7.22. The van der Waals surface area contributed by atoms with Gasteiger partial charge in [-0.05, 0) is 39.0 Å². The molecule has 0 aliphatic carbocycles. The normalized spacial score (nSPS) is 20.9. The number of benzene rings is 1. The molecule has 2 saturated heterocycles. The van der Waals surface area contributed by atoms with Gasteiger partial charge in [-0.25, -0.2) is 0 Å². The van der Waals surface area contributed by atoms with Gasteiger partial charge in [0.1, 0.15) is 11.3 Å². The molecule has 11 heteroatoms. The fraction of sp³-hybridized carbons (Fsp3) is 0.652. The number of rotatable bonds is 6. The van der Waals surface area contributed by atoms with Gasteiger partial charge in [0.15, 0.2) is 0 Å². The Morgan fingerprint density at radius 3 is 2.29 bits per heavy atom. The Hall–Kier alpha value is -2.05. The van der Waals surface area contributed by atoms with Crippen molar-refractivity contribution >= 4 is 21.9 Å². The number of carbonyl (C=O) groups excluding carboxylic acids is 1. The maximum atomic E-state index is 12.9. The van der Waals surface area contributed by atoms with Crippen LogP contribution in [0.25, 0.3) is 0 Å². The van der Waals surface area contributed by atoms with Crippen molar-refractivity contribution in [1.82, 2.24) is 19.4 Å². The van der Waals surface area contributed by atoms with Gasteiger partial charge in [0, 0.05) is 58.5 Å². The van der Waals surface area contributed by atoms with Crippen molar-refractivity contribution in [2.45, 2.75) is 37.7 Å². The highest BCUT2D eigenvalue weighted by Gasteiger charge is 2.46. The molecule has 3 aliphatic heterocycles. The summed E-state index contributed by atoms with van der Waals surface area (Å²) >= 11 is 0.